The Morgan fingerprint density at radius 3 is 2.68 bits per heavy atom. The average molecular weight is 392 g/mol. The molecule has 0 saturated carbocycles. The number of rotatable bonds is 4. The molecule has 0 atom stereocenters. The Kier molecular flexibility index (Phi) is 5.08. The highest BCUT2D eigenvalue weighted by Crippen LogP contribution is 2.33. The minimum Gasteiger partial charge on any atom is -0.495 e. The number of methoxy groups -OCH3 is 1. The Morgan fingerprint density at radius 2 is 2.00 bits per heavy atom. The number of nitrogens with one attached hydrogen (secondary N) is 1. The summed E-state index contributed by atoms with van der Waals surface area (Å²) in [6, 6.07) is 14.3. The summed E-state index contributed by atoms with van der Waals surface area (Å²) in [7, 11) is 1.54. The van der Waals surface area contributed by atoms with E-state index in [1.165, 1.54) is 0 Å². The molecule has 1 amide bonds. The van der Waals surface area contributed by atoms with Crippen molar-refractivity contribution in [3.8, 4) is 11.4 Å². The van der Waals surface area contributed by atoms with E-state index in [-0.39, 0.29) is 11.7 Å². The van der Waals surface area contributed by atoms with Crippen LogP contribution in [0.15, 0.2) is 48.5 Å². The third-order valence-corrected chi connectivity index (χ3v) is 5.09. The van der Waals surface area contributed by atoms with Gasteiger partial charge in [0.25, 0.3) is 5.91 Å². The number of nitrogens with zero attached hydrogens (tertiary/aromatic N) is 1. The number of carbonyl (C=O) groups excluding carboxylic acids is 1. The average Bonchev–Trinajstić information content (AvgIpc) is 2.90. The molecule has 2 aromatic carbocycles. The fraction of sp³-hybridized carbons (Fsp3) is 0.0588. The standard InChI is InChI=1S/C17H14ClN3O2S2/c1-23-13-8-7-10(18)9-12(13)21-15(19)14(25-17(21)24)16(22)20-11-5-3-2-4-6-11/h2-9H,19H2,1H3,(H,20,22). The maximum Gasteiger partial charge on any atom is 0.269 e. The van der Waals surface area contributed by atoms with Crippen molar-refractivity contribution < 1.29 is 9.53 Å². The fourth-order valence-corrected chi connectivity index (χ4v) is 3.74. The van der Waals surface area contributed by atoms with Gasteiger partial charge in [0.1, 0.15) is 16.4 Å². The van der Waals surface area contributed by atoms with Crippen LogP contribution in [0.2, 0.25) is 5.02 Å². The molecule has 5 nitrogen and oxygen atoms in total. The van der Waals surface area contributed by atoms with Gasteiger partial charge in [-0.05, 0) is 42.5 Å². The zero-order valence-corrected chi connectivity index (χ0v) is 15.5. The number of para-hydroxylation sites is 1. The van der Waals surface area contributed by atoms with Gasteiger partial charge in [-0.25, -0.2) is 0 Å². The minimum atomic E-state index is -0.320. The smallest absolute Gasteiger partial charge is 0.269 e. The van der Waals surface area contributed by atoms with Crippen LogP contribution >= 0.6 is 35.2 Å². The molecule has 0 spiro atoms. The van der Waals surface area contributed by atoms with Crippen LogP contribution < -0.4 is 15.8 Å². The highest BCUT2D eigenvalue weighted by atomic mass is 35.5. The van der Waals surface area contributed by atoms with Crippen LogP contribution in [-0.4, -0.2) is 17.6 Å². The molecule has 0 fully saturated rings. The van der Waals surface area contributed by atoms with Gasteiger partial charge in [-0.3, -0.25) is 9.36 Å². The SMILES string of the molecule is COc1ccc(Cl)cc1-n1c(N)c(C(=O)Nc2ccccc2)sc1=S. The largest absolute Gasteiger partial charge is 0.495 e. The number of carbonyl (C=O) groups is 1. The first kappa shape index (κ1) is 17.5. The molecule has 0 aliphatic rings. The number of hydrogen-bond donors (Lipinski definition) is 2. The van der Waals surface area contributed by atoms with E-state index in [1.807, 2.05) is 18.2 Å². The first-order valence-electron chi connectivity index (χ1n) is 7.23. The Morgan fingerprint density at radius 1 is 1.28 bits per heavy atom. The van der Waals surface area contributed by atoms with E-state index in [2.05, 4.69) is 5.32 Å². The number of aromatic nitrogens is 1. The molecule has 128 valence electrons. The summed E-state index contributed by atoms with van der Waals surface area (Å²) in [6.07, 6.45) is 0. The minimum absolute atomic E-state index is 0.240. The van der Waals surface area contributed by atoms with Crippen LogP contribution in [-0.2, 0) is 0 Å². The Labute approximate surface area is 158 Å². The van der Waals surface area contributed by atoms with Crippen molar-refractivity contribution in [2.24, 2.45) is 0 Å². The number of halogens is 1. The second-order valence-corrected chi connectivity index (χ2v) is 7.13. The quantitative estimate of drug-likeness (QED) is 0.629. The lowest BCUT2D eigenvalue weighted by Gasteiger charge is -2.12. The van der Waals surface area contributed by atoms with Gasteiger partial charge >= 0.3 is 0 Å². The third kappa shape index (κ3) is 3.53. The Hall–Kier alpha value is -2.35. The van der Waals surface area contributed by atoms with Gasteiger partial charge in [0.2, 0.25) is 0 Å². The second-order valence-electron chi connectivity index (χ2n) is 5.05. The molecule has 25 heavy (non-hydrogen) atoms. The Bertz CT molecular complexity index is 983. The van der Waals surface area contributed by atoms with Crippen molar-refractivity contribution >= 4 is 52.6 Å². The number of benzene rings is 2. The van der Waals surface area contributed by atoms with Gasteiger partial charge in [-0.15, -0.1) is 0 Å². The number of amides is 1. The van der Waals surface area contributed by atoms with Crippen molar-refractivity contribution in [2.45, 2.75) is 0 Å². The second kappa shape index (κ2) is 7.26. The molecule has 3 N–H and O–H groups in total. The van der Waals surface area contributed by atoms with Gasteiger partial charge < -0.3 is 15.8 Å². The number of nitrogen functional groups attached to an aromatic ring is 1. The van der Waals surface area contributed by atoms with Crippen molar-refractivity contribution in [1.82, 2.24) is 4.57 Å². The predicted octanol–water partition coefficient (Wildman–Crippen LogP) is 4.76. The monoisotopic (exact) mass is 391 g/mol. The first-order valence-corrected chi connectivity index (χ1v) is 8.83. The number of anilines is 2. The maximum atomic E-state index is 12.6. The molecule has 3 aromatic rings. The van der Waals surface area contributed by atoms with Crippen LogP contribution in [0.4, 0.5) is 11.5 Å². The third-order valence-electron chi connectivity index (χ3n) is 3.47. The molecule has 0 radical (unpaired) electrons. The van der Waals surface area contributed by atoms with Crippen LogP contribution in [0.25, 0.3) is 5.69 Å². The zero-order valence-electron chi connectivity index (χ0n) is 13.2. The lowest BCUT2D eigenvalue weighted by atomic mass is 10.3. The topological polar surface area (TPSA) is 69.3 Å². The molecule has 8 heteroatoms. The van der Waals surface area contributed by atoms with Crippen molar-refractivity contribution in [1.29, 1.82) is 0 Å². The van der Waals surface area contributed by atoms with Gasteiger partial charge in [-0.1, -0.05) is 41.1 Å². The number of thiazole rings is 1. The van der Waals surface area contributed by atoms with Crippen LogP contribution in [0.1, 0.15) is 9.67 Å². The molecule has 3 rings (SSSR count). The summed E-state index contributed by atoms with van der Waals surface area (Å²) in [4.78, 5) is 12.9. The van der Waals surface area contributed by atoms with E-state index in [4.69, 9.17) is 34.3 Å². The molecule has 0 bridgehead atoms. The normalized spacial score (nSPS) is 10.5. The van der Waals surface area contributed by atoms with E-state index < -0.39 is 0 Å². The number of ether oxygens (including phenoxy) is 1. The lowest BCUT2D eigenvalue weighted by Crippen LogP contribution is -2.13. The molecular weight excluding hydrogens is 378 g/mol. The predicted molar refractivity (Wildman–Crippen MR) is 105 cm³/mol. The highest BCUT2D eigenvalue weighted by molar-refractivity contribution is 7.73. The molecule has 0 aliphatic carbocycles. The van der Waals surface area contributed by atoms with E-state index in [1.54, 1.807) is 42.0 Å². The van der Waals surface area contributed by atoms with Crippen LogP contribution in [0.3, 0.4) is 0 Å². The van der Waals surface area contributed by atoms with E-state index in [0.29, 0.717) is 31.0 Å². The molecule has 0 unspecified atom stereocenters. The molecule has 1 heterocycles. The zero-order chi connectivity index (χ0) is 18.0. The van der Waals surface area contributed by atoms with Crippen LogP contribution in [0, 0.1) is 3.95 Å². The van der Waals surface area contributed by atoms with Crippen molar-refractivity contribution in [3.63, 3.8) is 0 Å². The summed E-state index contributed by atoms with van der Waals surface area (Å²) < 4.78 is 7.37. The first-order chi connectivity index (χ1) is 12.0. The Balaban J connectivity index is 2.04. The molecule has 0 aliphatic heterocycles. The lowest BCUT2D eigenvalue weighted by molar-refractivity contribution is 0.103. The summed E-state index contributed by atoms with van der Waals surface area (Å²) in [5.74, 6) is 0.476. The van der Waals surface area contributed by atoms with Gasteiger partial charge in [0.05, 0.1) is 12.8 Å². The van der Waals surface area contributed by atoms with E-state index in [0.717, 1.165) is 11.3 Å². The summed E-state index contributed by atoms with van der Waals surface area (Å²) in [6.45, 7) is 0. The number of hydrogen-bond acceptors (Lipinski definition) is 5. The van der Waals surface area contributed by atoms with Gasteiger partial charge in [0, 0.05) is 10.7 Å². The highest BCUT2D eigenvalue weighted by Gasteiger charge is 2.20. The summed E-state index contributed by atoms with van der Waals surface area (Å²) >= 11 is 12.6. The van der Waals surface area contributed by atoms with Crippen LogP contribution in [0.5, 0.6) is 5.75 Å². The molecular formula is C17H14ClN3O2S2. The van der Waals surface area contributed by atoms with Gasteiger partial charge in [-0.2, -0.15) is 0 Å². The number of nitrogens with two attached hydrogens (primary N) is 1. The summed E-state index contributed by atoms with van der Waals surface area (Å²) in [5.41, 5.74) is 7.48. The van der Waals surface area contributed by atoms with Gasteiger partial charge in [0.15, 0.2) is 3.95 Å². The maximum absolute atomic E-state index is 12.6. The summed E-state index contributed by atoms with van der Waals surface area (Å²) in [5, 5.41) is 3.32. The molecule has 1 aromatic heterocycles. The van der Waals surface area contributed by atoms with Crippen molar-refractivity contribution in [3.05, 3.63) is 62.4 Å². The van der Waals surface area contributed by atoms with E-state index >= 15 is 0 Å². The van der Waals surface area contributed by atoms with Crippen molar-refractivity contribution in [2.75, 3.05) is 18.2 Å². The van der Waals surface area contributed by atoms with E-state index in [9.17, 15) is 4.79 Å². The molecule has 0 saturated heterocycles. The fourth-order valence-electron chi connectivity index (χ4n) is 2.32.